The third-order valence-corrected chi connectivity index (χ3v) is 10.1. The van der Waals surface area contributed by atoms with Gasteiger partial charge in [-0.3, -0.25) is 0 Å². The van der Waals surface area contributed by atoms with Crippen molar-refractivity contribution in [3.63, 3.8) is 0 Å². The standard InChI is InChI=1S/C45H53BrN4.4BrH.2Pd/c1-12-49(42-18-14-16-20-47-42)44-36(28(3)4)22-33(23-37(44)29(5)6)40-26-35(46)27-41(32(40)11)34-24-38(30(7)8)45(39(25-34)31(9)10)50(13-2)43-19-15-17-21-48-43;;;;;;/h12-31H,1-11H3;4*1H;;/q+2;;;;;2*+2/p-4. The maximum absolute atomic E-state index is 4.74. The molecule has 0 radical (unpaired) electrons. The van der Waals surface area contributed by atoms with E-state index >= 15 is 0 Å². The first-order valence-corrected chi connectivity index (χ1v) is 18.8. The molecule has 0 bridgehead atoms. The number of rotatable bonds is 10. The molecule has 5 rings (SSSR count). The minimum Gasteiger partial charge on any atom is -1.00 e. The molecule has 0 atom stereocenters. The van der Waals surface area contributed by atoms with Crippen molar-refractivity contribution in [2.75, 3.05) is 0 Å². The van der Waals surface area contributed by atoms with Gasteiger partial charge in [-0.2, -0.15) is 0 Å². The predicted molar refractivity (Wildman–Crippen MR) is 221 cm³/mol. The molecule has 11 heteroatoms. The Bertz CT molecular complexity index is 1860. The first-order valence-electron chi connectivity index (χ1n) is 18.0. The molecular formula is C45H53Br5N4Pd2+2. The van der Waals surface area contributed by atoms with E-state index in [1.165, 1.54) is 61.4 Å². The van der Waals surface area contributed by atoms with Crippen molar-refractivity contribution < 1.29 is 109 Å². The van der Waals surface area contributed by atoms with Crippen molar-refractivity contribution in [2.24, 2.45) is 0 Å². The number of hydrogen-bond acceptors (Lipinski definition) is 2. The molecule has 0 saturated heterocycles. The number of benzene rings is 3. The van der Waals surface area contributed by atoms with Crippen LogP contribution in [0.15, 0.2) is 89.7 Å². The number of aromatic nitrogens is 2. The number of hydrogen-bond donors (Lipinski definition) is 0. The maximum atomic E-state index is 4.74. The molecule has 0 aliphatic rings. The predicted octanol–water partition coefficient (Wildman–Crippen LogP) is 1.24. The van der Waals surface area contributed by atoms with E-state index in [0.29, 0.717) is 23.7 Å². The van der Waals surface area contributed by atoms with Crippen molar-refractivity contribution in [2.45, 2.75) is 99.8 Å². The fourth-order valence-corrected chi connectivity index (χ4v) is 7.47. The van der Waals surface area contributed by atoms with Gasteiger partial charge in [-0.05, 0) is 131 Å². The summed E-state index contributed by atoms with van der Waals surface area (Å²) < 4.78 is 5.60. The number of pyridine rings is 2. The Kier molecular flexibility index (Phi) is 26.1. The average Bonchev–Trinajstić information content (AvgIpc) is 3.10. The molecular weight excluding hydrogens is 1210 g/mol. The van der Waals surface area contributed by atoms with Crippen LogP contribution in [0.1, 0.15) is 121 Å². The van der Waals surface area contributed by atoms with Crippen LogP contribution in [0.3, 0.4) is 0 Å². The van der Waals surface area contributed by atoms with Crippen molar-refractivity contribution >= 4 is 51.4 Å². The Morgan fingerprint density at radius 2 is 0.821 bits per heavy atom. The molecule has 0 aliphatic carbocycles. The molecule has 0 spiro atoms. The first-order chi connectivity index (χ1) is 23.9. The van der Waals surface area contributed by atoms with Crippen LogP contribution in [0.4, 0.5) is 23.0 Å². The van der Waals surface area contributed by atoms with Gasteiger partial charge in [-0.15, -0.1) is 0 Å². The van der Waals surface area contributed by atoms with Crippen LogP contribution < -0.4 is 77.1 Å². The topological polar surface area (TPSA) is 31.8 Å². The molecule has 4 nitrogen and oxygen atoms in total. The van der Waals surface area contributed by atoms with E-state index in [9.17, 15) is 0 Å². The number of nitrogens with zero attached hydrogens (tertiary/aromatic N) is 4. The molecule has 0 amide bonds. The van der Waals surface area contributed by atoms with Gasteiger partial charge in [-0.25, -0.2) is 9.15 Å². The molecule has 0 fully saturated rings. The number of halogens is 5. The molecule has 0 saturated carbocycles. The van der Waals surface area contributed by atoms with Gasteiger partial charge in [0.1, 0.15) is 23.8 Å². The Morgan fingerprint density at radius 1 is 0.518 bits per heavy atom. The summed E-state index contributed by atoms with van der Waals surface area (Å²) in [5.41, 5.74) is 14.0. The third-order valence-electron chi connectivity index (χ3n) is 9.61. The van der Waals surface area contributed by atoms with E-state index in [1.54, 1.807) is 0 Å². The van der Waals surface area contributed by atoms with E-state index in [4.69, 9.17) is 9.97 Å². The molecule has 0 N–H and O–H groups in total. The van der Waals surface area contributed by atoms with Gasteiger partial charge in [0.05, 0.1) is 12.4 Å². The molecule has 56 heavy (non-hydrogen) atoms. The Balaban J connectivity index is 0. The molecule has 0 unspecified atom stereocenters. The summed E-state index contributed by atoms with van der Waals surface area (Å²) >= 11 is 3.95. The summed E-state index contributed by atoms with van der Waals surface area (Å²) in [6, 6.07) is 26.5. The van der Waals surface area contributed by atoms with Crippen LogP contribution in [0.2, 0.25) is 0 Å². The molecule has 5 aromatic rings. The molecule has 0 aliphatic heterocycles. The second-order valence-electron chi connectivity index (χ2n) is 14.4. The van der Waals surface area contributed by atoms with E-state index < -0.39 is 0 Å². The largest absolute Gasteiger partial charge is 2.00 e. The fourth-order valence-electron chi connectivity index (χ4n) is 7.01. The van der Waals surface area contributed by atoms with Crippen molar-refractivity contribution in [3.8, 4) is 22.3 Å². The quantitative estimate of drug-likeness (QED) is 0.120. The molecule has 3 aromatic carbocycles. The van der Waals surface area contributed by atoms with E-state index in [-0.39, 0.29) is 109 Å². The zero-order valence-corrected chi connectivity index (χ0v) is 44.9. The van der Waals surface area contributed by atoms with Gasteiger partial charge < -0.3 is 67.9 Å². The molecule has 2 aromatic heterocycles. The average molecular weight is 1260 g/mol. The smallest absolute Gasteiger partial charge is 1.00 e. The van der Waals surface area contributed by atoms with Crippen molar-refractivity contribution in [1.29, 1.82) is 0 Å². The maximum Gasteiger partial charge on any atom is 2.00 e. The van der Waals surface area contributed by atoms with E-state index in [0.717, 1.165) is 16.1 Å². The van der Waals surface area contributed by atoms with Crippen molar-refractivity contribution in [3.05, 3.63) is 117 Å². The Labute approximate surface area is 414 Å². The van der Waals surface area contributed by atoms with Crippen LogP contribution in [0.5, 0.6) is 0 Å². The van der Waals surface area contributed by atoms with Gasteiger partial charge in [-0.1, -0.05) is 83.5 Å². The minimum absolute atomic E-state index is 0. The zero-order valence-electron chi connectivity index (χ0n) is 33.9. The van der Waals surface area contributed by atoms with E-state index in [2.05, 4.69) is 174 Å². The first kappa shape index (κ1) is 57.1. The van der Waals surface area contributed by atoms with Gasteiger partial charge >= 0.3 is 52.5 Å². The summed E-state index contributed by atoms with van der Waals surface area (Å²) in [7, 11) is 0. The summed E-state index contributed by atoms with van der Waals surface area (Å²) in [5, 5.41) is 0. The van der Waals surface area contributed by atoms with Crippen LogP contribution in [0.25, 0.3) is 22.3 Å². The fraction of sp³-hybridized carbons (Fsp3) is 0.333. The second kappa shape index (κ2) is 25.6. The van der Waals surface area contributed by atoms with Gasteiger partial charge in [0, 0.05) is 38.9 Å². The Morgan fingerprint density at radius 3 is 1.05 bits per heavy atom. The molecule has 306 valence electrons. The van der Waals surface area contributed by atoms with Crippen LogP contribution in [-0.4, -0.2) is 22.4 Å². The summed E-state index contributed by atoms with van der Waals surface area (Å²) in [5.74, 6) is 3.11. The monoisotopic (exact) mass is 1260 g/mol. The van der Waals surface area contributed by atoms with Crippen molar-refractivity contribution in [1.82, 2.24) is 19.1 Å². The third kappa shape index (κ3) is 12.5. The SMILES string of the molecule is CC=[N+](c1ccccn1)c1c(C(C)C)cc(-c2cc(Br)cc(-c3cc(C(C)C)c([N+](=CC)c4ccccn4)c(C(C)C)c3)c2C)cc1C(C)C.[Br-].[Br-].[Br-].[Br-].[Pd+2].[Pd+2]. The van der Waals surface area contributed by atoms with Crippen LogP contribution >= 0.6 is 15.9 Å². The second-order valence-corrected chi connectivity index (χ2v) is 15.3. The van der Waals surface area contributed by atoms with Crippen LogP contribution in [-0.2, 0) is 40.8 Å². The van der Waals surface area contributed by atoms with Gasteiger partial charge in [0.25, 0.3) is 0 Å². The van der Waals surface area contributed by atoms with E-state index in [1.807, 2.05) is 24.5 Å². The van der Waals surface area contributed by atoms with Gasteiger partial charge in [0.2, 0.25) is 0 Å². The summed E-state index contributed by atoms with van der Waals surface area (Å²) in [6.07, 6.45) is 8.03. The van der Waals surface area contributed by atoms with Gasteiger partial charge in [0.15, 0.2) is 0 Å². The van der Waals surface area contributed by atoms with Crippen LogP contribution in [0, 0.1) is 6.92 Å². The Hall–Kier alpha value is -0.975. The summed E-state index contributed by atoms with van der Waals surface area (Å²) in [6.45, 7) is 24.8. The summed E-state index contributed by atoms with van der Waals surface area (Å²) in [4.78, 5) is 9.47. The zero-order chi connectivity index (χ0) is 36.3. The molecule has 2 heterocycles. The minimum atomic E-state index is 0. The normalized spacial score (nSPS) is 11.2.